The van der Waals surface area contributed by atoms with Crippen molar-refractivity contribution in [3.8, 4) is 16.9 Å². The van der Waals surface area contributed by atoms with E-state index in [1.165, 1.54) is 6.07 Å². The molecule has 0 radical (unpaired) electrons. The van der Waals surface area contributed by atoms with Crippen LogP contribution in [-0.4, -0.2) is 57.4 Å². The molecule has 2 amide bonds. The number of ether oxygens (including phenoxy) is 1. The molecule has 1 aliphatic heterocycles. The molecule has 1 heterocycles. The molecule has 3 atom stereocenters. The summed E-state index contributed by atoms with van der Waals surface area (Å²) in [4.78, 5) is 26.1. The van der Waals surface area contributed by atoms with Crippen molar-refractivity contribution in [3.05, 3.63) is 53.3 Å². The first-order chi connectivity index (χ1) is 21.0. The van der Waals surface area contributed by atoms with Gasteiger partial charge in [0.1, 0.15) is 17.7 Å². The number of rotatable bonds is 9. The molecule has 0 bridgehead atoms. The average molecular weight is 646 g/mol. The highest BCUT2D eigenvalue weighted by Crippen LogP contribution is 2.46. The van der Waals surface area contributed by atoms with Gasteiger partial charge in [-0.2, -0.15) is 0 Å². The lowest BCUT2D eigenvalue weighted by Crippen LogP contribution is -2.59. The van der Waals surface area contributed by atoms with Gasteiger partial charge < -0.3 is 15.4 Å². The standard InChI is InChI=1S/C34H45F2N3O5S/c1-32(2)18-34(36,20-37-19-32)31(41)38-23-13-14-24(17-23)44-28-15-12-22(33(3,4)30(40)39-45(5,42)43)16-26(28)25-10-7-11-27(35)29(25)21-8-6-9-21/h7,10-12,15-16,21,23-24,37H,6,8-9,13-14,17-20H2,1-5H3,(H,38,41)(H,39,40)/t23-,24-,34-/m1/s1. The molecule has 8 nitrogen and oxygen atoms in total. The van der Waals surface area contributed by atoms with Crippen molar-refractivity contribution in [2.24, 2.45) is 5.41 Å². The van der Waals surface area contributed by atoms with Gasteiger partial charge in [0.15, 0.2) is 0 Å². The lowest BCUT2D eigenvalue weighted by molar-refractivity contribution is -0.137. The van der Waals surface area contributed by atoms with Crippen LogP contribution in [0, 0.1) is 11.2 Å². The van der Waals surface area contributed by atoms with E-state index in [1.54, 1.807) is 38.1 Å². The molecular formula is C34H45F2N3O5S. The van der Waals surface area contributed by atoms with E-state index in [0.717, 1.165) is 25.5 Å². The Hall–Kier alpha value is -3.05. The minimum atomic E-state index is -3.78. The third-order valence-electron chi connectivity index (χ3n) is 9.59. The Balaban J connectivity index is 1.41. The fourth-order valence-electron chi connectivity index (χ4n) is 6.86. The smallest absolute Gasteiger partial charge is 0.259 e. The fraction of sp³-hybridized carbons (Fsp3) is 0.588. The van der Waals surface area contributed by atoms with Gasteiger partial charge in [0, 0.05) is 31.1 Å². The topological polar surface area (TPSA) is 114 Å². The van der Waals surface area contributed by atoms with Gasteiger partial charge in [-0.25, -0.2) is 17.2 Å². The van der Waals surface area contributed by atoms with Gasteiger partial charge in [-0.15, -0.1) is 0 Å². The number of benzene rings is 2. The third kappa shape index (κ3) is 7.35. The van der Waals surface area contributed by atoms with Crippen LogP contribution in [0.1, 0.15) is 89.7 Å². The van der Waals surface area contributed by atoms with Crippen molar-refractivity contribution in [2.45, 2.75) is 102 Å². The van der Waals surface area contributed by atoms with Crippen molar-refractivity contribution < 1.29 is 31.5 Å². The number of hydrogen-bond donors (Lipinski definition) is 3. The van der Waals surface area contributed by atoms with E-state index >= 15 is 8.78 Å². The lowest BCUT2D eigenvalue weighted by atomic mass is 9.76. The second kappa shape index (κ2) is 12.3. The van der Waals surface area contributed by atoms with E-state index in [2.05, 4.69) is 15.4 Å². The van der Waals surface area contributed by atoms with Gasteiger partial charge in [0.05, 0.1) is 11.7 Å². The number of hydrogen-bond acceptors (Lipinski definition) is 6. The Labute approximate surface area is 265 Å². The summed E-state index contributed by atoms with van der Waals surface area (Å²) in [7, 11) is -3.78. The van der Waals surface area contributed by atoms with Crippen LogP contribution < -0.4 is 20.1 Å². The number of nitrogens with one attached hydrogen (secondary N) is 3. The van der Waals surface area contributed by atoms with Crippen LogP contribution in [0.3, 0.4) is 0 Å². The van der Waals surface area contributed by atoms with Crippen LogP contribution in [0.15, 0.2) is 36.4 Å². The molecular weight excluding hydrogens is 600 g/mol. The number of halogens is 2. The average Bonchev–Trinajstić information content (AvgIpc) is 3.34. The molecule has 246 valence electrons. The first-order valence-electron chi connectivity index (χ1n) is 15.8. The number of alkyl halides is 1. The molecule has 5 rings (SSSR count). The largest absolute Gasteiger partial charge is 0.490 e. The highest BCUT2D eigenvalue weighted by atomic mass is 32.2. The highest BCUT2D eigenvalue weighted by Gasteiger charge is 2.47. The SMILES string of the molecule is CC1(C)CNC[C@@](F)(C(=O)N[C@@H]2CC[C@@H](Oc3ccc(C(C)(C)C(=O)NS(C)(=O)=O)cc3-c3cccc(F)c3C3CCC3)C2)C1. The van der Waals surface area contributed by atoms with Crippen LogP contribution in [0.25, 0.3) is 11.1 Å². The second-order valence-corrected chi connectivity index (χ2v) is 16.2. The van der Waals surface area contributed by atoms with E-state index in [9.17, 15) is 18.0 Å². The zero-order valence-electron chi connectivity index (χ0n) is 26.8. The second-order valence-electron chi connectivity index (χ2n) is 14.5. The minimum absolute atomic E-state index is 0.0137. The van der Waals surface area contributed by atoms with Crippen molar-refractivity contribution in [2.75, 3.05) is 19.3 Å². The molecule has 0 spiro atoms. The van der Waals surface area contributed by atoms with E-state index in [0.29, 0.717) is 53.8 Å². The Morgan fingerprint density at radius 1 is 1.04 bits per heavy atom. The monoisotopic (exact) mass is 645 g/mol. The van der Waals surface area contributed by atoms with Crippen LogP contribution in [0.4, 0.5) is 8.78 Å². The number of piperidine rings is 1. The summed E-state index contributed by atoms with van der Waals surface area (Å²) in [6, 6.07) is 9.96. The number of sulfonamides is 1. The van der Waals surface area contributed by atoms with Crippen LogP contribution in [0.5, 0.6) is 5.75 Å². The van der Waals surface area contributed by atoms with Gasteiger partial charge in [0.2, 0.25) is 21.6 Å². The maximum Gasteiger partial charge on any atom is 0.259 e. The normalized spacial score (nSPS) is 25.3. The molecule has 3 fully saturated rings. The molecule has 0 aromatic heterocycles. The Morgan fingerprint density at radius 2 is 1.78 bits per heavy atom. The Kier molecular flexibility index (Phi) is 9.09. The van der Waals surface area contributed by atoms with Crippen LogP contribution in [-0.2, 0) is 25.0 Å². The van der Waals surface area contributed by atoms with Gasteiger partial charge in [-0.3, -0.25) is 14.3 Å². The highest BCUT2D eigenvalue weighted by molar-refractivity contribution is 7.89. The lowest BCUT2D eigenvalue weighted by Gasteiger charge is -2.39. The molecule has 2 saturated carbocycles. The molecule has 0 unspecified atom stereocenters. The summed E-state index contributed by atoms with van der Waals surface area (Å²) >= 11 is 0. The summed E-state index contributed by atoms with van der Waals surface area (Å²) in [5.41, 5.74) is -1.10. The predicted octanol–water partition coefficient (Wildman–Crippen LogP) is 5.26. The summed E-state index contributed by atoms with van der Waals surface area (Å²) in [6.07, 6.45) is 5.31. The molecule has 2 aromatic rings. The summed E-state index contributed by atoms with van der Waals surface area (Å²) in [5, 5.41) is 5.97. The van der Waals surface area contributed by atoms with E-state index in [1.807, 2.05) is 19.9 Å². The van der Waals surface area contributed by atoms with Crippen LogP contribution >= 0.6 is 0 Å². The van der Waals surface area contributed by atoms with E-state index in [4.69, 9.17) is 4.74 Å². The number of amides is 2. The van der Waals surface area contributed by atoms with Crippen molar-refractivity contribution in [1.29, 1.82) is 0 Å². The molecule has 3 N–H and O–H groups in total. The fourth-order valence-corrected chi connectivity index (χ4v) is 7.45. The predicted molar refractivity (Wildman–Crippen MR) is 170 cm³/mol. The minimum Gasteiger partial charge on any atom is -0.490 e. The summed E-state index contributed by atoms with van der Waals surface area (Å²) in [6.45, 7) is 7.79. The molecule has 2 aliphatic carbocycles. The van der Waals surface area contributed by atoms with E-state index < -0.39 is 32.9 Å². The maximum absolute atomic E-state index is 15.7. The van der Waals surface area contributed by atoms with Gasteiger partial charge in [0.25, 0.3) is 5.91 Å². The van der Waals surface area contributed by atoms with Crippen molar-refractivity contribution >= 4 is 21.8 Å². The van der Waals surface area contributed by atoms with Crippen molar-refractivity contribution in [3.63, 3.8) is 0 Å². The number of carbonyl (C=O) groups is 2. The molecule has 3 aliphatic rings. The maximum atomic E-state index is 15.7. The van der Waals surface area contributed by atoms with Crippen molar-refractivity contribution in [1.82, 2.24) is 15.4 Å². The van der Waals surface area contributed by atoms with Gasteiger partial charge >= 0.3 is 0 Å². The van der Waals surface area contributed by atoms with E-state index in [-0.39, 0.29) is 42.3 Å². The van der Waals surface area contributed by atoms with Gasteiger partial charge in [-0.05, 0) is 92.2 Å². The third-order valence-corrected chi connectivity index (χ3v) is 10.1. The van der Waals surface area contributed by atoms with Gasteiger partial charge in [-0.1, -0.05) is 38.5 Å². The summed E-state index contributed by atoms with van der Waals surface area (Å²) in [5.74, 6) is -1.01. The Morgan fingerprint density at radius 3 is 2.42 bits per heavy atom. The summed E-state index contributed by atoms with van der Waals surface area (Å²) < 4.78 is 63.3. The molecule has 2 aromatic carbocycles. The molecule has 45 heavy (non-hydrogen) atoms. The zero-order chi connectivity index (χ0) is 32.8. The first kappa shape index (κ1) is 33.3. The molecule has 1 saturated heterocycles. The quantitative estimate of drug-likeness (QED) is 0.343. The molecule has 11 heteroatoms. The zero-order valence-corrected chi connectivity index (χ0v) is 27.6. The van der Waals surface area contributed by atoms with Crippen LogP contribution in [0.2, 0.25) is 0 Å². The number of carbonyl (C=O) groups excluding carboxylic acids is 2. The first-order valence-corrected chi connectivity index (χ1v) is 17.7. The Bertz CT molecular complexity index is 1570.